The number of nitrogens with one attached hydrogen (secondary N) is 3. The fourth-order valence-electron chi connectivity index (χ4n) is 2.60. The van der Waals surface area contributed by atoms with Crippen molar-refractivity contribution in [1.82, 2.24) is 16.0 Å². The number of hydrogen-bond acceptors (Lipinski definition) is 9. The van der Waals surface area contributed by atoms with Crippen molar-refractivity contribution < 1.29 is 39.3 Å². The van der Waals surface area contributed by atoms with Gasteiger partial charge in [0.05, 0.1) is 12.1 Å². The Kier molecular flexibility index (Phi) is 15.5. The molecule has 5 atom stereocenters. The van der Waals surface area contributed by atoms with E-state index < -0.39 is 66.4 Å². The van der Waals surface area contributed by atoms with Crippen molar-refractivity contribution in [3.8, 4) is 0 Å². The van der Waals surface area contributed by atoms with Crippen molar-refractivity contribution in [2.24, 2.45) is 5.73 Å². The lowest BCUT2D eigenvalue weighted by Gasteiger charge is -2.26. The van der Waals surface area contributed by atoms with E-state index in [9.17, 15) is 34.2 Å². The Labute approximate surface area is 201 Å². The number of carbonyl (C=O) groups is 5. The van der Waals surface area contributed by atoms with Crippen LogP contribution in [0.15, 0.2) is 0 Å². The van der Waals surface area contributed by atoms with Gasteiger partial charge in [-0.2, -0.15) is 23.5 Å². The largest absolute Gasteiger partial charge is 0.481 e. The smallest absolute Gasteiger partial charge is 0.326 e. The van der Waals surface area contributed by atoms with E-state index in [0.29, 0.717) is 17.9 Å². The van der Waals surface area contributed by atoms with Crippen molar-refractivity contribution in [2.75, 3.05) is 24.0 Å². The Morgan fingerprint density at radius 1 is 0.818 bits per heavy atom. The van der Waals surface area contributed by atoms with Gasteiger partial charge in [-0.15, -0.1) is 0 Å². The number of carbonyl (C=O) groups excluding carboxylic acids is 3. The average Bonchev–Trinajstić information content (AvgIpc) is 2.74. The van der Waals surface area contributed by atoms with E-state index in [1.54, 1.807) is 6.26 Å². The summed E-state index contributed by atoms with van der Waals surface area (Å²) in [6.07, 6.45) is 1.93. The molecule has 0 radical (unpaired) electrons. The number of nitrogens with two attached hydrogens (primary N) is 1. The molecule has 0 spiro atoms. The molecule has 0 aliphatic carbocycles. The molecule has 0 rings (SSSR count). The fourth-order valence-corrected chi connectivity index (χ4v) is 3.57. The van der Waals surface area contributed by atoms with E-state index in [1.165, 1.54) is 30.4 Å². The molecule has 0 saturated heterocycles. The average molecular weight is 511 g/mol. The topological polar surface area (TPSA) is 208 Å². The van der Waals surface area contributed by atoms with Gasteiger partial charge in [-0.05, 0) is 50.2 Å². The first-order valence-corrected chi connectivity index (χ1v) is 13.0. The summed E-state index contributed by atoms with van der Waals surface area (Å²) in [5.74, 6) is -3.91. The Bertz CT molecular complexity index is 680. The number of carboxylic acids is 2. The molecule has 14 heteroatoms. The lowest BCUT2D eigenvalue weighted by Crippen LogP contribution is -2.59. The third kappa shape index (κ3) is 12.7. The number of amides is 3. The summed E-state index contributed by atoms with van der Waals surface area (Å²) in [6.45, 7) is 1.26. The second kappa shape index (κ2) is 16.6. The van der Waals surface area contributed by atoms with Gasteiger partial charge < -0.3 is 37.0 Å². The van der Waals surface area contributed by atoms with Crippen molar-refractivity contribution >= 4 is 53.2 Å². The summed E-state index contributed by atoms with van der Waals surface area (Å²) < 4.78 is 0. The molecule has 12 nitrogen and oxygen atoms in total. The van der Waals surface area contributed by atoms with Gasteiger partial charge in [-0.3, -0.25) is 19.2 Å². The van der Waals surface area contributed by atoms with Gasteiger partial charge in [0, 0.05) is 6.42 Å². The quantitative estimate of drug-likeness (QED) is 0.121. The maximum Gasteiger partial charge on any atom is 0.326 e. The lowest BCUT2D eigenvalue weighted by molar-refractivity contribution is -0.143. The Hall–Kier alpha value is -2.03. The summed E-state index contributed by atoms with van der Waals surface area (Å²) in [7, 11) is 0. The van der Waals surface area contributed by atoms with Crippen molar-refractivity contribution in [1.29, 1.82) is 0 Å². The van der Waals surface area contributed by atoms with Crippen LogP contribution < -0.4 is 21.7 Å². The first kappa shape index (κ1) is 31.0. The number of aliphatic carboxylic acids is 2. The summed E-state index contributed by atoms with van der Waals surface area (Å²) in [5, 5.41) is 35.2. The molecule has 0 heterocycles. The number of aliphatic hydroxyl groups is 1. The first-order chi connectivity index (χ1) is 15.4. The van der Waals surface area contributed by atoms with Gasteiger partial charge in [-0.1, -0.05) is 0 Å². The second-order valence-corrected chi connectivity index (χ2v) is 9.26. The highest BCUT2D eigenvalue weighted by atomic mass is 32.2. The van der Waals surface area contributed by atoms with Crippen molar-refractivity contribution in [2.45, 2.75) is 62.9 Å². The minimum Gasteiger partial charge on any atom is -0.481 e. The van der Waals surface area contributed by atoms with Crippen LogP contribution in [-0.2, 0) is 24.0 Å². The maximum atomic E-state index is 12.7. The third-order valence-electron chi connectivity index (χ3n) is 4.54. The second-order valence-electron chi connectivity index (χ2n) is 7.29. The zero-order valence-electron chi connectivity index (χ0n) is 18.9. The van der Waals surface area contributed by atoms with E-state index in [4.69, 9.17) is 10.8 Å². The number of thioether (sulfide) groups is 2. The summed E-state index contributed by atoms with van der Waals surface area (Å²) in [4.78, 5) is 60.0. The molecule has 8 N–H and O–H groups in total. The first-order valence-electron chi connectivity index (χ1n) is 10.2. The SMILES string of the molecule is CSCCC(N)C(=O)NC(C(=O)NC(CCC(=O)O)C(=O)NC(CCSC)C(=O)O)C(C)O. The molecule has 0 aliphatic rings. The monoisotopic (exact) mass is 510 g/mol. The van der Waals surface area contributed by atoms with Gasteiger partial charge in [0.1, 0.15) is 18.1 Å². The molecule has 0 saturated carbocycles. The third-order valence-corrected chi connectivity index (χ3v) is 5.83. The van der Waals surface area contributed by atoms with E-state index in [-0.39, 0.29) is 12.8 Å². The molecule has 190 valence electrons. The minimum atomic E-state index is -1.45. The Morgan fingerprint density at radius 2 is 1.36 bits per heavy atom. The van der Waals surface area contributed by atoms with Crippen molar-refractivity contribution in [3.63, 3.8) is 0 Å². The maximum absolute atomic E-state index is 12.7. The molecule has 0 aliphatic heterocycles. The zero-order chi connectivity index (χ0) is 25.6. The normalized spacial score (nSPS) is 15.4. The molecule has 5 unspecified atom stereocenters. The Morgan fingerprint density at radius 3 is 1.85 bits per heavy atom. The summed E-state index contributed by atoms with van der Waals surface area (Å²) in [5.41, 5.74) is 5.78. The molecule has 0 aromatic heterocycles. The van der Waals surface area contributed by atoms with Gasteiger partial charge >= 0.3 is 11.9 Å². The number of aliphatic hydroxyl groups excluding tert-OH is 1. The Balaban J connectivity index is 5.41. The van der Waals surface area contributed by atoms with Crippen LogP contribution in [0.5, 0.6) is 0 Å². The highest BCUT2D eigenvalue weighted by Gasteiger charge is 2.32. The van der Waals surface area contributed by atoms with Gasteiger partial charge in [-0.25, -0.2) is 4.79 Å². The number of rotatable bonds is 17. The lowest BCUT2D eigenvalue weighted by atomic mass is 10.1. The highest BCUT2D eigenvalue weighted by molar-refractivity contribution is 7.98. The zero-order valence-corrected chi connectivity index (χ0v) is 20.5. The molecule has 0 bridgehead atoms. The van der Waals surface area contributed by atoms with E-state index in [0.717, 1.165) is 0 Å². The predicted octanol–water partition coefficient (Wildman–Crippen LogP) is -1.40. The van der Waals surface area contributed by atoms with Gasteiger partial charge in [0.15, 0.2) is 0 Å². The van der Waals surface area contributed by atoms with Crippen LogP contribution in [0, 0.1) is 0 Å². The standard InChI is InChI=1S/C19H34N4O8S2/c1-10(24)15(23-16(27)11(20)6-8-32-2)18(29)21-12(4-5-14(25)26)17(28)22-13(19(30)31)7-9-33-3/h10-13,15,24H,4-9,20H2,1-3H3,(H,21,29)(H,22,28)(H,23,27)(H,25,26)(H,30,31). The van der Waals surface area contributed by atoms with Crippen LogP contribution in [-0.4, -0.2) is 99.3 Å². The highest BCUT2D eigenvalue weighted by Crippen LogP contribution is 2.06. The molecule has 0 fully saturated rings. The van der Waals surface area contributed by atoms with Crippen LogP contribution in [0.2, 0.25) is 0 Å². The molecule has 0 aromatic carbocycles. The van der Waals surface area contributed by atoms with Crippen LogP contribution in [0.4, 0.5) is 0 Å². The summed E-state index contributed by atoms with van der Waals surface area (Å²) >= 11 is 2.87. The van der Waals surface area contributed by atoms with E-state index in [1.807, 2.05) is 6.26 Å². The number of hydrogen-bond donors (Lipinski definition) is 7. The van der Waals surface area contributed by atoms with Gasteiger partial charge in [0.25, 0.3) is 0 Å². The fraction of sp³-hybridized carbons (Fsp3) is 0.737. The van der Waals surface area contributed by atoms with Crippen LogP contribution in [0.25, 0.3) is 0 Å². The van der Waals surface area contributed by atoms with Crippen molar-refractivity contribution in [3.05, 3.63) is 0 Å². The van der Waals surface area contributed by atoms with Gasteiger partial charge in [0.2, 0.25) is 17.7 Å². The van der Waals surface area contributed by atoms with Crippen LogP contribution in [0.3, 0.4) is 0 Å². The number of carboxylic acid groups (broad SMARTS) is 2. The molecular formula is C19H34N4O8S2. The molecular weight excluding hydrogens is 476 g/mol. The predicted molar refractivity (Wildman–Crippen MR) is 126 cm³/mol. The van der Waals surface area contributed by atoms with Crippen LogP contribution >= 0.6 is 23.5 Å². The molecule has 0 aromatic rings. The van der Waals surface area contributed by atoms with E-state index in [2.05, 4.69) is 16.0 Å². The molecule has 33 heavy (non-hydrogen) atoms. The van der Waals surface area contributed by atoms with E-state index >= 15 is 0 Å². The minimum absolute atomic E-state index is 0.127. The molecule has 3 amide bonds. The van der Waals surface area contributed by atoms with Crippen LogP contribution in [0.1, 0.15) is 32.6 Å². The summed E-state index contributed by atoms with van der Waals surface area (Å²) in [6, 6.07) is -4.99.